The second kappa shape index (κ2) is 3.20. The lowest BCUT2D eigenvalue weighted by atomic mass is 9.86. The molecule has 0 aliphatic heterocycles. The molecule has 60 valence electrons. The van der Waals surface area contributed by atoms with Crippen LogP contribution < -0.4 is 0 Å². The van der Waals surface area contributed by atoms with Gasteiger partial charge in [0.05, 0.1) is 6.61 Å². The number of thiophene rings is 1. The number of hydrogen-bond acceptors (Lipinski definition) is 2. The maximum absolute atomic E-state index is 9.09. The average Bonchev–Trinajstić information content (AvgIpc) is 2.55. The van der Waals surface area contributed by atoms with Crippen LogP contribution in [0.1, 0.15) is 12.5 Å². The van der Waals surface area contributed by atoms with E-state index >= 15 is 0 Å². The van der Waals surface area contributed by atoms with E-state index in [1.54, 1.807) is 17.4 Å². The fraction of sp³-hybridized carbons (Fsp3) is 0.333. The van der Waals surface area contributed by atoms with Gasteiger partial charge in [0, 0.05) is 5.41 Å². The lowest BCUT2D eigenvalue weighted by Crippen LogP contribution is -2.22. The fourth-order valence-corrected chi connectivity index (χ4v) is 1.66. The first kappa shape index (κ1) is 8.50. The van der Waals surface area contributed by atoms with E-state index in [4.69, 9.17) is 5.11 Å². The largest absolute Gasteiger partial charge is 0.395 e. The molecule has 0 unspecified atom stereocenters. The highest BCUT2D eigenvalue weighted by atomic mass is 32.1. The lowest BCUT2D eigenvalue weighted by Gasteiger charge is -2.21. The first-order valence-electron chi connectivity index (χ1n) is 3.50. The number of aliphatic hydroxyl groups is 1. The van der Waals surface area contributed by atoms with Gasteiger partial charge in [-0.05, 0) is 29.3 Å². The predicted molar refractivity (Wildman–Crippen MR) is 49.0 cm³/mol. The van der Waals surface area contributed by atoms with Crippen LogP contribution in [0.5, 0.6) is 0 Å². The van der Waals surface area contributed by atoms with Gasteiger partial charge < -0.3 is 5.11 Å². The maximum Gasteiger partial charge on any atom is 0.0560 e. The third-order valence-corrected chi connectivity index (χ3v) is 2.64. The minimum absolute atomic E-state index is 0.118. The molecule has 1 rings (SSSR count). The molecule has 0 bridgehead atoms. The molecule has 2 heteroatoms. The summed E-state index contributed by atoms with van der Waals surface area (Å²) in [6.45, 7) is 5.80. The Bertz CT molecular complexity index is 228. The van der Waals surface area contributed by atoms with Crippen molar-refractivity contribution in [3.05, 3.63) is 35.0 Å². The van der Waals surface area contributed by atoms with Crippen LogP contribution in [-0.2, 0) is 5.41 Å². The summed E-state index contributed by atoms with van der Waals surface area (Å²) in [5.74, 6) is 0. The van der Waals surface area contributed by atoms with E-state index in [9.17, 15) is 0 Å². The van der Waals surface area contributed by atoms with Crippen LogP contribution in [0.4, 0.5) is 0 Å². The molecule has 0 amide bonds. The summed E-state index contributed by atoms with van der Waals surface area (Å²) in [5, 5.41) is 13.1. The van der Waals surface area contributed by atoms with E-state index in [1.165, 1.54) is 0 Å². The number of aliphatic hydroxyl groups excluding tert-OH is 1. The third kappa shape index (κ3) is 1.52. The van der Waals surface area contributed by atoms with Gasteiger partial charge >= 0.3 is 0 Å². The lowest BCUT2D eigenvalue weighted by molar-refractivity contribution is 0.236. The van der Waals surface area contributed by atoms with Crippen molar-refractivity contribution in [2.24, 2.45) is 0 Å². The van der Waals surface area contributed by atoms with Gasteiger partial charge in [0.1, 0.15) is 0 Å². The third-order valence-electron chi connectivity index (χ3n) is 1.96. The van der Waals surface area contributed by atoms with Gasteiger partial charge in [0.15, 0.2) is 0 Å². The monoisotopic (exact) mass is 168 g/mol. The van der Waals surface area contributed by atoms with Gasteiger partial charge in [-0.1, -0.05) is 6.08 Å². The Morgan fingerprint density at radius 3 is 2.91 bits per heavy atom. The maximum atomic E-state index is 9.09. The Kier molecular flexibility index (Phi) is 2.47. The second-order valence-electron chi connectivity index (χ2n) is 2.79. The zero-order valence-electron chi connectivity index (χ0n) is 6.58. The molecule has 0 aliphatic rings. The van der Waals surface area contributed by atoms with Crippen molar-refractivity contribution >= 4 is 11.3 Å². The zero-order chi connectivity index (χ0) is 8.32. The molecule has 1 N–H and O–H groups in total. The fourth-order valence-electron chi connectivity index (χ4n) is 0.863. The molecular formula is C9H12OS. The summed E-state index contributed by atoms with van der Waals surface area (Å²) in [4.78, 5) is 0. The Morgan fingerprint density at radius 1 is 1.82 bits per heavy atom. The normalized spacial score (nSPS) is 15.8. The molecule has 0 fully saturated rings. The molecule has 0 spiro atoms. The van der Waals surface area contributed by atoms with E-state index in [2.05, 4.69) is 6.58 Å². The summed E-state index contributed by atoms with van der Waals surface area (Å²) < 4.78 is 0. The Hall–Kier alpha value is -0.600. The molecule has 1 aromatic rings. The molecule has 1 atom stereocenters. The summed E-state index contributed by atoms with van der Waals surface area (Å²) in [6, 6.07) is 2.02. The van der Waals surface area contributed by atoms with Crippen LogP contribution in [0.2, 0.25) is 0 Å². The Labute approximate surface area is 71.0 Å². The Balaban J connectivity index is 2.96. The first-order chi connectivity index (χ1) is 5.23. The average molecular weight is 168 g/mol. The van der Waals surface area contributed by atoms with Crippen LogP contribution >= 0.6 is 11.3 Å². The summed E-state index contributed by atoms with van der Waals surface area (Å²) in [7, 11) is 0. The molecule has 1 heterocycles. The smallest absolute Gasteiger partial charge is 0.0560 e. The van der Waals surface area contributed by atoms with E-state index in [-0.39, 0.29) is 12.0 Å². The molecule has 1 aromatic heterocycles. The van der Waals surface area contributed by atoms with Crippen molar-refractivity contribution in [3.8, 4) is 0 Å². The van der Waals surface area contributed by atoms with Gasteiger partial charge in [0.25, 0.3) is 0 Å². The van der Waals surface area contributed by atoms with Gasteiger partial charge in [-0.15, -0.1) is 6.58 Å². The van der Waals surface area contributed by atoms with Gasteiger partial charge in [-0.25, -0.2) is 0 Å². The summed E-state index contributed by atoms with van der Waals surface area (Å²) >= 11 is 1.64. The highest BCUT2D eigenvalue weighted by molar-refractivity contribution is 7.08. The van der Waals surface area contributed by atoms with Gasteiger partial charge in [0.2, 0.25) is 0 Å². The minimum atomic E-state index is -0.264. The second-order valence-corrected chi connectivity index (χ2v) is 3.57. The van der Waals surface area contributed by atoms with Crippen molar-refractivity contribution in [2.75, 3.05) is 6.61 Å². The molecule has 1 nitrogen and oxygen atoms in total. The first-order valence-corrected chi connectivity index (χ1v) is 4.44. The number of hydrogen-bond donors (Lipinski definition) is 1. The molecule has 0 aromatic carbocycles. The highest BCUT2D eigenvalue weighted by Gasteiger charge is 2.21. The van der Waals surface area contributed by atoms with Crippen LogP contribution in [0.3, 0.4) is 0 Å². The van der Waals surface area contributed by atoms with E-state index < -0.39 is 0 Å². The van der Waals surface area contributed by atoms with Crippen LogP contribution in [-0.4, -0.2) is 11.7 Å². The quantitative estimate of drug-likeness (QED) is 0.686. The van der Waals surface area contributed by atoms with E-state index in [0.29, 0.717) is 0 Å². The standard InChI is InChI=1S/C9H12OS/c1-3-9(2,7-10)8-4-5-11-6-8/h3-6,10H,1,7H2,2H3/t9-/m0/s1. The number of rotatable bonds is 3. The molecule has 0 saturated heterocycles. The van der Waals surface area contributed by atoms with E-state index in [0.717, 1.165) is 5.56 Å². The molecule has 0 aliphatic carbocycles. The summed E-state index contributed by atoms with van der Waals surface area (Å²) in [5.41, 5.74) is 0.875. The van der Waals surface area contributed by atoms with Crippen molar-refractivity contribution < 1.29 is 5.11 Å². The zero-order valence-corrected chi connectivity index (χ0v) is 7.40. The van der Waals surface area contributed by atoms with Gasteiger partial charge in [-0.2, -0.15) is 11.3 Å². The predicted octanol–water partition coefficient (Wildman–Crippen LogP) is 2.18. The Morgan fingerprint density at radius 2 is 2.55 bits per heavy atom. The van der Waals surface area contributed by atoms with Crippen molar-refractivity contribution in [1.82, 2.24) is 0 Å². The summed E-state index contributed by atoms with van der Waals surface area (Å²) in [6.07, 6.45) is 1.79. The van der Waals surface area contributed by atoms with Crippen molar-refractivity contribution in [2.45, 2.75) is 12.3 Å². The van der Waals surface area contributed by atoms with Crippen LogP contribution in [0, 0.1) is 0 Å². The topological polar surface area (TPSA) is 20.2 Å². The van der Waals surface area contributed by atoms with Crippen molar-refractivity contribution in [1.29, 1.82) is 0 Å². The molecular weight excluding hydrogens is 156 g/mol. The molecule has 0 saturated carbocycles. The van der Waals surface area contributed by atoms with Crippen LogP contribution in [0.25, 0.3) is 0 Å². The molecule has 0 radical (unpaired) electrons. The highest BCUT2D eigenvalue weighted by Crippen LogP contribution is 2.25. The van der Waals surface area contributed by atoms with E-state index in [1.807, 2.05) is 23.8 Å². The van der Waals surface area contributed by atoms with Crippen LogP contribution in [0.15, 0.2) is 29.5 Å². The van der Waals surface area contributed by atoms with Gasteiger partial charge in [-0.3, -0.25) is 0 Å². The molecule has 11 heavy (non-hydrogen) atoms. The SMILES string of the molecule is C=C[C@@](C)(CO)c1ccsc1. The van der Waals surface area contributed by atoms with Crippen molar-refractivity contribution in [3.63, 3.8) is 0 Å². The minimum Gasteiger partial charge on any atom is -0.395 e.